The quantitative estimate of drug-likeness (QED) is 0.834. The van der Waals surface area contributed by atoms with Gasteiger partial charge in [-0.2, -0.15) is 0 Å². The van der Waals surface area contributed by atoms with Gasteiger partial charge in [-0.3, -0.25) is 0 Å². The zero-order valence-electron chi connectivity index (χ0n) is 9.14. The van der Waals surface area contributed by atoms with Crippen molar-refractivity contribution in [3.8, 4) is 0 Å². The van der Waals surface area contributed by atoms with E-state index in [0.717, 1.165) is 5.69 Å². The Morgan fingerprint density at radius 2 is 2.31 bits per heavy atom. The standard InChI is InChI=1S/C10H15NO4S/c1-7-10(11-9(15-7)2-4-12)8-3-5-16(13,14)6-8/h8,12H,2-6H2,1H3. The Morgan fingerprint density at radius 3 is 2.88 bits per heavy atom. The van der Waals surface area contributed by atoms with Crippen LogP contribution in [0.25, 0.3) is 0 Å². The van der Waals surface area contributed by atoms with Gasteiger partial charge in [-0.1, -0.05) is 0 Å². The normalized spacial score (nSPS) is 23.8. The summed E-state index contributed by atoms with van der Waals surface area (Å²) in [6.45, 7) is 1.77. The third kappa shape index (κ3) is 2.27. The van der Waals surface area contributed by atoms with E-state index in [0.29, 0.717) is 24.5 Å². The van der Waals surface area contributed by atoms with Gasteiger partial charge in [0.05, 0.1) is 23.8 Å². The molecule has 6 heteroatoms. The molecule has 0 aliphatic carbocycles. The first-order chi connectivity index (χ1) is 7.52. The molecule has 1 aliphatic rings. The molecule has 1 aromatic heterocycles. The largest absolute Gasteiger partial charge is 0.446 e. The van der Waals surface area contributed by atoms with Gasteiger partial charge in [0.25, 0.3) is 0 Å². The van der Waals surface area contributed by atoms with Crippen LogP contribution in [-0.2, 0) is 16.3 Å². The summed E-state index contributed by atoms with van der Waals surface area (Å²) in [6, 6.07) is 0. The lowest BCUT2D eigenvalue weighted by molar-refractivity contribution is 0.284. The highest BCUT2D eigenvalue weighted by Crippen LogP contribution is 2.30. The first-order valence-corrected chi connectivity index (χ1v) is 7.11. The van der Waals surface area contributed by atoms with Gasteiger partial charge < -0.3 is 9.52 Å². The molecule has 0 radical (unpaired) electrons. The van der Waals surface area contributed by atoms with E-state index in [2.05, 4.69) is 4.98 Å². The smallest absolute Gasteiger partial charge is 0.196 e. The molecule has 1 fully saturated rings. The van der Waals surface area contributed by atoms with Gasteiger partial charge >= 0.3 is 0 Å². The lowest BCUT2D eigenvalue weighted by atomic mass is 10.0. The molecule has 5 nitrogen and oxygen atoms in total. The van der Waals surface area contributed by atoms with Gasteiger partial charge in [0.1, 0.15) is 5.76 Å². The van der Waals surface area contributed by atoms with Gasteiger partial charge in [0.15, 0.2) is 15.7 Å². The van der Waals surface area contributed by atoms with Crippen molar-refractivity contribution >= 4 is 9.84 Å². The van der Waals surface area contributed by atoms with Crippen molar-refractivity contribution in [2.45, 2.75) is 25.7 Å². The Kier molecular flexibility index (Phi) is 3.03. The van der Waals surface area contributed by atoms with E-state index < -0.39 is 9.84 Å². The minimum atomic E-state index is -2.89. The molecule has 16 heavy (non-hydrogen) atoms. The number of aromatic nitrogens is 1. The SMILES string of the molecule is Cc1oc(CCO)nc1C1CCS(=O)(=O)C1. The summed E-state index contributed by atoms with van der Waals surface area (Å²) in [5.41, 5.74) is 0.740. The van der Waals surface area contributed by atoms with Crippen molar-refractivity contribution in [1.29, 1.82) is 0 Å². The predicted molar refractivity (Wildman–Crippen MR) is 58.0 cm³/mol. The Balaban J connectivity index is 2.21. The summed E-state index contributed by atoms with van der Waals surface area (Å²) in [5, 5.41) is 8.77. The molecule has 1 N–H and O–H groups in total. The van der Waals surface area contributed by atoms with Gasteiger partial charge in [-0.25, -0.2) is 13.4 Å². The molecular weight excluding hydrogens is 230 g/mol. The van der Waals surface area contributed by atoms with Crippen molar-refractivity contribution in [3.63, 3.8) is 0 Å². The van der Waals surface area contributed by atoms with Crippen LogP contribution in [0.5, 0.6) is 0 Å². The van der Waals surface area contributed by atoms with Crippen molar-refractivity contribution in [3.05, 3.63) is 17.3 Å². The fraction of sp³-hybridized carbons (Fsp3) is 0.700. The molecule has 0 amide bonds. The fourth-order valence-corrected chi connectivity index (χ4v) is 3.80. The number of nitrogens with zero attached hydrogens (tertiary/aromatic N) is 1. The van der Waals surface area contributed by atoms with Crippen molar-refractivity contribution < 1.29 is 17.9 Å². The maximum Gasteiger partial charge on any atom is 0.196 e. The molecule has 0 saturated carbocycles. The van der Waals surface area contributed by atoms with Crippen LogP contribution in [0.2, 0.25) is 0 Å². The Bertz CT molecular complexity index is 477. The highest BCUT2D eigenvalue weighted by atomic mass is 32.2. The molecule has 2 rings (SSSR count). The number of aryl methyl sites for hydroxylation is 1. The third-order valence-electron chi connectivity index (χ3n) is 2.82. The summed E-state index contributed by atoms with van der Waals surface area (Å²) < 4.78 is 28.1. The van der Waals surface area contributed by atoms with Crippen LogP contribution in [0.3, 0.4) is 0 Å². The molecule has 0 spiro atoms. The number of oxazole rings is 1. The number of aliphatic hydroxyl groups is 1. The molecule has 1 unspecified atom stereocenters. The first-order valence-electron chi connectivity index (χ1n) is 5.29. The first kappa shape index (κ1) is 11.6. The Morgan fingerprint density at radius 1 is 1.56 bits per heavy atom. The average Bonchev–Trinajstić information content (AvgIpc) is 2.70. The summed E-state index contributed by atoms with van der Waals surface area (Å²) in [4.78, 5) is 4.26. The number of hydrogen-bond acceptors (Lipinski definition) is 5. The molecule has 2 heterocycles. The van der Waals surface area contributed by atoms with Crippen LogP contribution in [0, 0.1) is 6.92 Å². The van der Waals surface area contributed by atoms with Crippen LogP contribution in [0.15, 0.2) is 4.42 Å². The molecule has 1 saturated heterocycles. The highest BCUT2D eigenvalue weighted by molar-refractivity contribution is 7.91. The van der Waals surface area contributed by atoms with E-state index in [1.807, 2.05) is 0 Å². The van der Waals surface area contributed by atoms with E-state index in [4.69, 9.17) is 9.52 Å². The molecule has 1 aromatic rings. The predicted octanol–water partition coefficient (Wildman–Crippen LogP) is 0.420. The van der Waals surface area contributed by atoms with E-state index in [9.17, 15) is 8.42 Å². The number of aliphatic hydroxyl groups excluding tert-OH is 1. The molecule has 0 bridgehead atoms. The van der Waals surface area contributed by atoms with Crippen LogP contribution >= 0.6 is 0 Å². The van der Waals surface area contributed by atoms with Gasteiger partial charge in [-0.15, -0.1) is 0 Å². The second-order valence-electron chi connectivity index (χ2n) is 4.12. The second kappa shape index (κ2) is 4.18. The highest BCUT2D eigenvalue weighted by Gasteiger charge is 2.32. The van der Waals surface area contributed by atoms with Gasteiger partial charge in [0.2, 0.25) is 0 Å². The molecular formula is C10H15NO4S. The molecule has 90 valence electrons. The number of sulfone groups is 1. The van der Waals surface area contributed by atoms with Crippen LogP contribution in [0.4, 0.5) is 0 Å². The maximum atomic E-state index is 11.4. The second-order valence-corrected chi connectivity index (χ2v) is 6.35. The summed E-state index contributed by atoms with van der Waals surface area (Å²) in [7, 11) is -2.89. The van der Waals surface area contributed by atoms with Crippen molar-refractivity contribution in [2.24, 2.45) is 0 Å². The van der Waals surface area contributed by atoms with Crippen LogP contribution in [0.1, 0.15) is 29.7 Å². The van der Waals surface area contributed by atoms with Gasteiger partial charge in [-0.05, 0) is 13.3 Å². The third-order valence-corrected chi connectivity index (χ3v) is 4.59. The lowest BCUT2D eigenvalue weighted by Crippen LogP contribution is -2.05. The maximum absolute atomic E-state index is 11.4. The number of rotatable bonds is 3. The summed E-state index contributed by atoms with van der Waals surface area (Å²) in [6.07, 6.45) is 0.995. The fourth-order valence-electron chi connectivity index (χ4n) is 2.06. The molecule has 1 atom stereocenters. The molecule has 0 aromatic carbocycles. The zero-order chi connectivity index (χ0) is 11.8. The van der Waals surface area contributed by atoms with Crippen molar-refractivity contribution in [2.75, 3.05) is 18.1 Å². The van der Waals surface area contributed by atoms with E-state index in [-0.39, 0.29) is 24.0 Å². The van der Waals surface area contributed by atoms with Crippen LogP contribution < -0.4 is 0 Å². The minimum Gasteiger partial charge on any atom is -0.446 e. The topological polar surface area (TPSA) is 80.4 Å². The summed E-state index contributed by atoms with van der Waals surface area (Å²) in [5.74, 6) is 1.52. The van der Waals surface area contributed by atoms with Crippen LogP contribution in [-0.4, -0.2) is 36.6 Å². The van der Waals surface area contributed by atoms with Crippen molar-refractivity contribution in [1.82, 2.24) is 4.98 Å². The monoisotopic (exact) mass is 245 g/mol. The Hall–Kier alpha value is -0.880. The van der Waals surface area contributed by atoms with E-state index in [1.54, 1.807) is 6.92 Å². The minimum absolute atomic E-state index is 0.0115. The van der Waals surface area contributed by atoms with Gasteiger partial charge in [0, 0.05) is 12.3 Å². The average molecular weight is 245 g/mol. The number of hydrogen-bond donors (Lipinski definition) is 1. The van der Waals surface area contributed by atoms with E-state index in [1.165, 1.54) is 0 Å². The Labute approximate surface area is 94.4 Å². The summed E-state index contributed by atoms with van der Waals surface area (Å²) >= 11 is 0. The lowest BCUT2D eigenvalue weighted by Gasteiger charge is -2.02. The van der Waals surface area contributed by atoms with E-state index >= 15 is 0 Å². The zero-order valence-corrected chi connectivity index (χ0v) is 9.96. The molecule has 1 aliphatic heterocycles.